The normalized spacial score (nSPS) is 37.0. The minimum Gasteiger partial charge on any atom is -0.508 e. The molecule has 0 bridgehead atoms. The van der Waals surface area contributed by atoms with Crippen LogP contribution in [0.15, 0.2) is 34.3 Å². The van der Waals surface area contributed by atoms with Gasteiger partial charge in [-0.05, 0) is 43.4 Å². The van der Waals surface area contributed by atoms with Gasteiger partial charge in [-0.3, -0.25) is 29.0 Å². The molecule has 1 aromatic rings. The second kappa shape index (κ2) is 7.80. The first-order chi connectivity index (χ1) is 16.0. The minimum atomic E-state index is -1.90. The zero-order valence-electron chi connectivity index (χ0n) is 18.6. The fourth-order valence-electron chi connectivity index (χ4n) is 6.36. The maximum atomic E-state index is 13.5. The number of imide groups is 2. The lowest BCUT2D eigenvalue weighted by Crippen LogP contribution is -2.60. The predicted octanol–water partition coefficient (Wildman–Crippen LogP) is 3.55. The van der Waals surface area contributed by atoms with E-state index in [1.54, 1.807) is 12.1 Å². The highest BCUT2D eigenvalue weighted by atomic mass is 79.9. The quantitative estimate of drug-likeness (QED) is 0.341. The van der Waals surface area contributed by atoms with Crippen LogP contribution in [0.5, 0.6) is 5.75 Å². The van der Waals surface area contributed by atoms with E-state index in [-0.39, 0.29) is 24.0 Å². The molecule has 0 radical (unpaired) electrons. The number of nitrogens with zero attached hydrogens (tertiary/aromatic N) is 2. The summed E-state index contributed by atoms with van der Waals surface area (Å²) in [5.41, 5.74) is 0.999. The third-order valence-electron chi connectivity index (χ3n) is 7.85. The molecule has 2 heterocycles. The van der Waals surface area contributed by atoms with Gasteiger partial charge in [0.15, 0.2) is 9.75 Å². The van der Waals surface area contributed by atoms with E-state index in [4.69, 9.17) is 23.2 Å². The molecule has 0 aromatic heterocycles. The summed E-state index contributed by atoms with van der Waals surface area (Å²) < 4.78 is 0.642. The molecule has 2 aliphatic carbocycles. The lowest BCUT2D eigenvalue weighted by molar-refractivity contribution is -0.141. The molecule has 3 fully saturated rings. The maximum Gasteiger partial charge on any atom is 0.253 e. The molecular formula is C24H23BrCl2N2O5. The van der Waals surface area contributed by atoms with Crippen molar-refractivity contribution in [2.24, 2.45) is 17.8 Å². The molecule has 0 spiro atoms. The smallest absolute Gasteiger partial charge is 0.253 e. The topological polar surface area (TPSA) is 95.0 Å². The van der Waals surface area contributed by atoms with Gasteiger partial charge in [-0.2, -0.15) is 0 Å². The van der Waals surface area contributed by atoms with Crippen LogP contribution in [0.4, 0.5) is 0 Å². The van der Waals surface area contributed by atoms with Crippen LogP contribution in [0.25, 0.3) is 0 Å². The van der Waals surface area contributed by atoms with Crippen molar-refractivity contribution in [2.75, 3.05) is 13.6 Å². The van der Waals surface area contributed by atoms with Gasteiger partial charge in [0.2, 0.25) is 11.8 Å². The van der Waals surface area contributed by atoms with Gasteiger partial charge in [0, 0.05) is 29.5 Å². The Morgan fingerprint density at radius 1 is 1.12 bits per heavy atom. The Hall–Kier alpha value is -1.90. The van der Waals surface area contributed by atoms with E-state index in [1.165, 1.54) is 18.0 Å². The van der Waals surface area contributed by atoms with Gasteiger partial charge in [-0.25, -0.2) is 0 Å². The number of phenols is 1. The maximum absolute atomic E-state index is 13.5. The van der Waals surface area contributed by atoms with Gasteiger partial charge in [0.25, 0.3) is 11.8 Å². The van der Waals surface area contributed by atoms with Crippen molar-refractivity contribution in [2.45, 2.75) is 41.9 Å². The lowest BCUT2D eigenvalue weighted by Gasteiger charge is -2.50. The number of fused-ring (bicyclic) bond motifs is 4. The number of allylic oxidation sites excluding steroid dienone is 2. The molecule has 2 saturated heterocycles. The number of hydrogen-bond acceptors (Lipinski definition) is 5. The van der Waals surface area contributed by atoms with Crippen molar-refractivity contribution >= 4 is 62.8 Å². The van der Waals surface area contributed by atoms with E-state index in [9.17, 15) is 24.3 Å². The van der Waals surface area contributed by atoms with Crippen LogP contribution in [0.3, 0.4) is 0 Å². The Labute approximate surface area is 215 Å². The van der Waals surface area contributed by atoms with Crippen molar-refractivity contribution in [3.63, 3.8) is 0 Å². The molecule has 0 unspecified atom stereocenters. The van der Waals surface area contributed by atoms with Crippen molar-refractivity contribution in [1.82, 2.24) is 9.80 Å². The number of amides is 4. The first-order valence-electron chi connectivity index (χ1n) is 11.2. The Bertz CT molecular complexity index is 1190. The fourth-order valence-corrected chi connectivity index (χ4v) is 7.75. The number of carbonyl (C=O) groups is 4. The third kappa shape index (κ3) is 2.82. The Morgan fingerprint density at radius 2 is 1.82 bits per heavy atom. The zero-order chi connectivity index (χ0) is 24.7. The Morgan fingerprint density at radius 3 is 2.50 bits per heavy atom. The lowest BCUT2D eigenvalue weighted by atomic mass is 9.56. The van der Waals surface area contributed by atoms with Crippen LogP contribution in [0.2, 0.25) is 0 Å². The van der Waals surface area contributed by atoms with Crippen LogP contribution >= 0.6 is 39.1 Å². The molecule has 10 heteroatoms. The molecule has 5 rings (SSSR count). The number of likely N-dealkylation sites (tertiary alicyclic amines) is 2. The third-order valence-corrected chi connectivity index (χ3v) is 9.76. The van der Waals surface area contributed by atoms with Crippen LogP contribution < -0.4 is 0 Å². The number of hydrogen-bond donors (Lipinski definition) is 1. The molecule has 1 saturated carbocycles. The fraction of sp³-hybridized carbons (Fsp3) is 0.500. The van der Waals surface area contributed by atoms with E-state index in [0.29, 0.717) is 35.0 Å². The van der Waals surface area contributed by atoms with Crippen LogP contribution in [0, 0.1) is 17.8 Å². The second-order valence-electron chi connectivity index (χ2n) is 9.53. The molecular weight excluding hydrogens is 547 g/mol. The van der Waals surface area contributed by atoms with Crippen molar-refractivity contribution in [3.8, 4) is 5.75 Å². The number of aromatic hydroxyl groups is 1. The first kappa shape index (κ1) is 23.8. The molecule has 4 aliphatic rings. The predicted molar refractivity (Wildman–Crippen MR) is 128 cm³/mol. The summed E-state index contributed by atoms with van der Waals surface area (Å²) in [4.78, 5) is 51.7. The molecule has 1 N–H and O–H groups in total. The van der Waals surface area contributed by atoms with Gasteiger partial charge in [0.05, 0.1) is 11.8 Å². The SMILES string of the molecule is CCCN1C(=O)[C@H]2[C@H](CC=C3[C@H]2C[C@@]2(Cl)C(=O)N(C)C(=O)[C@@]2(Cl)[C@H]3c2cc(Br)ccc2O)C1=O. The highest BCUT2D eigenvalue weighted by Gasteiger charge is 2.76. The summed E-state index contributed by atoms with van der Waals surface area (Å²) in [6, 6.07) is 4.77. The van der Waals surface area contributed by atoms with Crippen LogP contribution in [0.1, 0.15) is 37.7 Å². The number of carbonyl (C=O) groups excluding carboxylic acids is 4. The van der Waals surface area contributed by atoms with Gasteiger partial charge in [-0.1, -0.05) is 34.5 Å². The molecule has 4 amide bonds. The Kier molecular flexibility index (Phi) is 5.47. The van der Waals surface area contributed by atoms with Crippen molar-refractivity contribution in [3.05, 3.63) is 39.9 Å². The number of phenolic OH excluding ortho intramolecular Hbond substituents is 1. The minimum absolute atomic E-state index is 0.0514. The number of benzene rings is 1. The zero-order valence-corrected chi connectivity index (χ0v) is 21.7. The standard InChI is InChI=1S/C24H23BrCl2N2O5/c1-3-8-29-19(31)13-6-5-12-15(17(13)20(29)32)10-23(26)21(33)28(2)22(34)24(23,27)18(12)14-9-11(25)4-7-16(14)30/h4-5,7,9,13,15,17-18,30H,3,6,8,10H2,1-2H3/t13-,15+,17-,18+,23+,24-/m0/s1. The van der Waals surface area contributed by atoms with Crippen LogP contribution in [-0.4, -0.2) is 61.9 Å². The van der Waals surface area contributed by atoms with Gasteiger partial charge < -0.3 is 5.11 Å². The van der Waals surface area contributed by atoms with Gasteiger partial charge >= 0.3 is 0 Å². The molecule has 6 atom stereocenters. The highest BCUT2D eigenvalue weighted by molar-refractivity contribution is 9.10. The summed E-state index contributed by atoms with van der Waals surface area (Å²) >= 11 is 17.5. The summed E-state index contributed by atoms with van der Waals surface area (Å²) in [7, 11) is 1.34. The number of halogens is 3. The average Bonchev–Trinajstić information content (AvgIpc) is 3.11. The number of alkyl halides is 2. The molecule has 7 nitrogen and oxygen atoms in total. The summed E-state index contributed by atoms with van der Waals surface area (Å²) in [5, 5.41) is 10.8. The second-order valence-corrected chi connectivity index (χ2v) is 11.7. The summed E-state index contributed by atoms with van der Waals surface area (Å²) in [5.74, 6) is -4.67. The molecule has 2 aliphatic heterocycles. The summed E-state index contributed by atoms with van der Waals surface area (Å²) in [6.45, 7) is 2.22. The molecule has 34 heavy (non-hydrogen) atoms. The molecule has 1 aromatic carbocycles. The largest absolute Gasteiger partial charge is 0.508 e. The van der Waals surface area contributed by atoms with E-state index in [1.807, 2.05) is 13.0 Å². The Balaban J connectivity index is 1.74. The van der Waals surface area contributed by atoms with E-state index >= 15 is 0 Å². The summed E-state index contributed by atoms with van der Waals surface area (Å²) in [6.07, 6.45) is 2.75. The van der Waals surface area contributed by atoms with Crippen LogP contribution in [-0.2, 0) is 19.2 Å². The van der Waals surface area contributed by atoms with Gasteiger partial charge in [0.1, 0.15) is 5.75 Å². The van der Waals surface area contributed by atoms with E-state index in [0.717, 1.165) is 4.90 Å². The van der Waals surface area contributed by atoms with Crippen molar-refractivity contribution in [1.29, 1.82) is 0 Å². The number of rotatable bonds is 3. The van der Waals surface area contributed by atoms with E-state index in [2.05, 4.69) is 15.9 Å². The van der Waals surface area contributed by atoms with Gasteiger partial charge in [-0.15, -0.1) is 23.2 Å². The highest BCUT2D eigenvalue weighted by Crippen LogP contribution is 2.66. The average molecular weight is 570 g/mol. The molecule has 180 valence electrons. The van der Waals surface area contributed by atoms with Crippen molar-refractivity contribution < 1.29 is 24.3 Å². The monoisotopic (exact) mass is 568 g/mol. The first-order valence-corrected chi connectivity index (χ1v) is 12.8. The van der Waals surface area contributed by atoms with E-state index < -0.39 is 45.2 Å².